The molecule has 0 aromatic rings. The van der Waals surface area contributed by atoms with Crippen molar-refractivity contribution in [2.24, 2.45) is 11.8 Å². The van der Waals surface area contributed by atoms with Gasteiger partial charge in [-0.1, -0.05) is 6.92 Å². The van der Waals surface area contributed by atoms with E-state index in [0.717, 1.165) is 25.8 Å². The average Bonchev–Trinajstić information content (AvgIpc) is 2.02. The Kier molecular flexibility index (Phi) is 3.73. The highest BCUT2D eigenvalue weighted by atomic mass is 16.1. The molecule has 1 N–H and O–H groups in total. The predicted octanol–water partition coefficient (Wildman–Crippen LogP) is 1.60. The van der Waals surface area contributed by atoms with Crippen LogP contribution >= 0.6 is 0 Å². The van der Waals surface area contributed by atoms with Gasteiger partial charge >= 0.3 is 0 Å². The second-order valence-corrected chi connectivity index (χ2v) is 3.83. The quantitative estimate of drug-likeness (QED) is 0.633. The first-order chi connectivity index (χ1) is 5.75. The Morgan fingerprint density at radius 1 is 1.50 bits per heavy atom. The zero-order chi connectivity index (χ0) is 8.97. The van der Waals surface area contributed by atoms with E-state index in [0.29, 0.717) is 17.6 Å². The highest BCUT2D eigenvalue weighted by Crippen LogP contribution is 2.35. The Hall–Kier alpha value is -0.370. The van der Waals surface area contributed by atoms with Crippen LogP contribution in [0.2, 0.25) is 0 Å². The van der Waals surface area contributed by atoms with Crippen molar-refractivity contribution < 1.29 is 4.79 Å². The first-order valence-electron chi connectivity index (χ1n) is 4.93. The summed E-state index contributed by atoms with van der Waals surface area (Å²) in [7, 11) is 1.93. The molecule has 0 spiro atoms. The summed E-state index contributed by atoms with van der Waals surface area (Å²) < 4.78 is 0. The van der Waals surface area contributed by atoms with E-state index < -0.39 is 0 Å². The van der Waals surface area contributed by atoms with E-state index in [-0.39, 0.29) is 0 Å². The van der Waals surface area contributed by atoms with Crippen LogP contribution in [0.4, 0.5) is 0 Å². The first kappa shape index (κ1) is 9.72. The average molecular weight is 169 g/mol. The molecule has 0 aromatic heterocycles. The smallest absolute Gasteiger partial charge is 0.136 e. The zero-order valence-electron chi connectivity index (χ0n) is 8.10. The SMILES string of the molecule is CNCCCC(=O)C1CC[C@H]1C. The minimum atomic E-state index is 0.404. The van der Waals surface area contributed by atoms with Crippen molar-refractivity contribution in [3.8, 4) is 0 Å². The Morgan fingerprint density at radius 2 is 2.25 bits per heavy atom. The molecule has 2 atom stereocenters. The van der Waals surface area contributed by atoms with Gasteiger partial charge in [0.1, 0.15) is 5.78 Å². The van der Waals surface area contributed by atoms with Crippen LogP contribution in [0.25, 0.3) is 0 Å². The van der Waals surface area contributed by atoms with Gasteiger partial charge in [-0.25, -0.2) is 0 Å². The topological polar surface area (TPSA) is 29.1 Å². The lowest BCUT2D eigenvalue weighted by Gasteiger charge is -2.32. The van der Waals surface area contributed by atoms with Gasteiger partial charge < -0.3 is 5.32 Å². The monoisotopic (exact) mass is 169 g/mol. The number of ketones is 1. The van der Waals surface area contributed by atoms with Crippen molar-refractivity contribution >= 4 is 5.78 Å². The van der Waals surface area contributed by atoms with Gasteiger partial charge in [0, 0.05) is 12.3 Å². The molecule has 1 saturated carbocycles. The Labute approximate surface area is 74.7 Å². The van der Waals surface area contributed by atoms with Crippen LogP contribution in [0.3, 0.4) is 0 Å². The van der Waals surface area contributed by atoms with E-state index in [4.69, 9.17) is 0 Å². The molecule has 2 nitrogen and oxygen atoms in total. The Balaban J connectivity index is 2.11. The fourth-order valence-corrected chi connectivity index (χ4v) is 1.77. The lowest BCUT2D eigenvalue weighted by molar-refractivity contribution is -0.127. The molecule has 0 bridgehead atoms. The van der Waals surface area contributed by atoms with Crippen molar-refractivity contribution in [3.63, 3.8) is 0 Å². The molecule has 1 unspecified atom stereocenters. The van der Waals surface area contributed by atoms with E-state index in [9.17, 15) is 4.79 Å². The van der Waals surface area contributed by atoms with Crippen LogP contribution in [-0.4, -0.2) is 19.4 Å². The summed E-state index contributed by atoms with van der Waals surface area (Å²) >= 11 is 0. The van der Waals surface area contributed by atoms with Crippen LogP contribution in [0, 0.1) is 11.8 Å². The van der Waals surface area contributed by atoms with Crippen LogP contribution < -0.4 is 5.32 Å². The summed E-state index contributed by atoms with van der Waals surface area (Å²) in [6.45, 7) is 3.15. The molecule has 1 fully saturated rings. The van der Waals surface area contributed by atoms with Gasteiger partial charge in [0.05, 0.1) is 0 Å². The lowest BCUT2D eigenvalue weighted by atomic mass is 9.72. The molecule has 0 amide bonds. The molecule has 0 aromatic carbocycles. The summed E-state index contributed by atoms with van der Waals surface area (Å²) in [4.78, 5) is 11.5. The Morgan fingerprint density at radius 3 is 2.67 bits per heavy atom. The third-order valence-corrected chi connectivity index (χ3v) is 2.88. The fraction of sp³-hybridized carbons (Fsp3) is 0.900. The van der Waals surface area contributed by atoms with E-state index in [1.807, 2.05) is 7.05 Å². The second kappa shape index (κ2) is 4.61. The first-order valence-corrected chi connectivity index (χ1v) is 4.93. The fourth-order valence-electron chi connectivity index (χ4n) is 1.77. The number of rotatable bonds is 5. The van der Waals surface area contributed by atoms with E-state index >= 15 is 0 Å². The molecule has 1 aliphatic carbocycles. The summed E-state index contributed by atoms with van der Waals surface area (Å²) in [6, 6.07) is 0. The van der Waals surface area contributed by atoms with Crippen LogP contribution in [0.15, 0.2) is 0 Å². The van der Waals surface area contributed by atoms with Crippen LogP contribution in [-0.2, 0) is 4.79 Å². The summed E-state index contributed by atoms with van der Waals surface area (Å²) in [5, 5.41) is 3.06. The highest BCUT2D eigenvalue weighted by Gasteiger charge is 2.31. The molecular formula is C10H19NO. The minimum absolute atomic E-state index is 0.404. The normalized spacial score (nSPS) is 28.2. The number of hydrogen-bond acceptors (Lipinski definition) is 2. The standard InChI is InChI=1S/C10H19NO/c1-8-5-6-9(8)10(12)4-3-7-11-2/h8-9,11H,3-7H2,1-2H3/t8-,9?/m1/s1. The van der Waals surface area contributed by atoms with E-state index in [2.05, 4.69) is 12.2 Å². The predicted molar refractivity (Wildman–Crippen MR) is 50.1 cm³/mol. The van der Waals surface area contributed by atoms with Crippen LogP contribution in [0.5, 0.6) is 0 Å². The molecule has 70 valence electrons. The lowest BCUT2D eigenvalue weighted by Crippen LogP contribution is -2.31. The molecule has 1 rings (SSSR count). The number of nitrogens with one attached hydrogen (secondary N) is 1. The molecule has 0 heterocycles. The van der Waals surface area contributed by atoms with Crippen molar-refractivity contribution in [3.05, 3.63) is 0 Å². The number of hydrogen-bond donors (Lipinski definition) is 1. The number of carbonyl (C=O) groups is 1. The second-order valence-electron chi connectivity index (χ2n) is 3.83. The number of Topliss-reactive ketones (excluding diaryl/α,β-unsaturated/α-hetero) is 1. The largest absolute Gasteiger partial charge is 0.320 e. The third kappa shape index (κ3) is 2.31. The molecule has 12 heavy (non-hydrogen) atoms. The molecule has 2 heteroatoms. The third-order valence-electron chi connectivity index (χ3n) is 2.88. The van der Waals surface area contributed by atoms with Gasteiger partial charge in [-0.15, -0.1) is 0 Å². The maximum Gasteiger partial charge on any atom is 0.136 e. The molecule has 0 radical (unpaired) electrons. The van der Waals surface area contributed by atoms with Gasteiger partial charge in [-0.05, 0) is 38.8 Å². The van der Waals surface area contributed by atoms with Crippen molar-refractivity contribution in [1.82, 2.24) is 5.32 Å². The maximum atomic E-state index is 11.5. The van der Waals surface area contributed by atoms with Gasteiger partial charge in [0.25, 0.3) is 0 Å². The summed E-state index contributed by atoms with van der Waals surface area (Å²) in [5.74, 6) is 1.55. The van der Waals surface area contributed by atoms with Crippen molar-refractivity contribution in [1.29, 1.82) is 0 Å². The molecule has 0 saturated heterocycles. The van der Waals surface area contributed by atoms with Gasteiger partial charge in [0.15, 0.2) is 0 Å². The molecule has 0 aliphatic heterocycles. The van der Waals surface area contributed by atoms with Crippen molar-refractivity contribution in [2.45, 2.75) is 32.6 Å². The Bertz CT molecular complexity index is 156. The van der Waals surface area contributed by atoms with Gasteiger partial charge in [0.2, 0.25) is 0 Å². The summed E-state index contributed by atoms with van der Waals surface area (Å²) in [6.07, 6.45) is 4.16. The maximum absolute atomic E-state index is 11.5. The van der Waals surface area contributed by atoms with Crippen molar-refractivity contribution in [2.75, 3.05) is 13.6 Å². The zero-order valence-corrected chi connectivity index (χ0v) is 8.10. The molecular weight excluding hydrogens is 150 g/mol. The van der Waals surface area contributed by atoms with E-state index in [1.165, 1.54) is 6.42 Å². The van der Waals surface area contributed by atoms with Gasteiger partial charge in [-0.2, -0.15) is 0 Å². The van der Waals surface area contributed by atoms with Gasteiger partial charge in [-0.3, -0.25) is 4.79 Å². The van der Waals surface area contributed by atoms with E-state index in [1.54, 1.807) is 0 Å². The van der Waals surface area contributed by atoms with Crippen LogP contribution in [0.1, 0.15) is 32.6 Å². The summed E-state index contributed by atoms with van der Waals surface area (Å²) in [5.41, 5.74) is 0. The highest BCUT2D eigenvalue weighted by molar-refractivity contribution is 5.82. The minimum Gasteiger partial charge on any atom is -0.320 e. The molecule has 1 aliphatic rings. The number of carbonyl (C=O) groups excluding carboxylic acids is 1.